The van der Waals surface area contributed by atoms with Gasteiger partial charge in [-0.25, -0.2) is 9.18 Å². The molecule has 2 aromatic rings. The molecule has 0 unspecified atom stereocenters. The number of rotatable bonds is 5. The van der Waals surface area contributed by atoms with Crippen LogP contribution in [0.2, 0.25) is 0 Å². The van der Waals surface area contributed by atoms with E-state index in [0.29, 0.717) is 53.3 Å². The molecule has 2 saturated heterocycles. The number of nitrogens with zero attached hydrogens (tertiary/aromatic N) is 2. The van der Waals surface area contributed by atoms with Crippen LogP contribution in [0.25, 0.3) is 0 Å². The van der Waals surface area contributed by atoms with Crippen LogP contribution in [0.4, 0.5) is 20.6 Å². The molecule has 2 fully saturated rings. The molecular weight excluding hydrogens is 417 g/mol. The number of hydrogen-bond donors (Lipinski definition) is 1. The Morgan fingerprint density at radius 1 is 1.31 bits per heavy atom. The van der Waals surface area contributed by atoms with Gasteiger partial charge in [0, 0.05) is 35.4 Å². The lowest BCUT2D eigenvalue weighted by molar-refractivity contribution is 0.143. The van der Waals surface area contributed by atoms with Gasteiger partial charge in [-0.1, -0.05) is 12.2 Å². The maximum atomic E-state index is 14.7. The van der Waals surface area contributed by atoms with E-state index >= 15 is 0 Å². The van der Waals surface area contributed by atoms with Crippen LogP contribution in [0.15, 0.2) is 41.0 Å². The molecule has 1 atom stereocenters. The SMILES string of the molecule is O=C1O[C@@H](CNC(=S)c2ccco2)CN1c1ccc(N2CCS(=O)CC2)c(F)c1. The van der Waals surface area contributed by atoms with Crippen molar-refractivity contribution in [2.24, 2.45) is 0 Å². The molecule has 10 heteroatoms. The lowest BCUT2D eigenvalue weighted by Crippen LogP contribution is -2.38. The summed E-state index contributed by atoms with van der Waals surface area (Å²) in [4.78, 5) is 16.0. The Morgan fingerprint density at radius 2 is 2.10 bits per heavy atom. The Bertz CT molecular complexity index is 928. The molecule has 0 radical (unpaired) electrons. The summed E-state index contributed by atoms with van der Waals surface area (Å²) in [7, 11) is -0.826. The van der Waals surface area contributed by atoms with Crippen LogP contribution < -0.4 is 15.1 Å². The molecule has 1 aromatic carbocycles. The Kier molecular flexibility index (Phi) is 5.81. The zero-order valence-electron chi connectivity index (χ0n) is 15.5. The van der Waals surface area contributed by atoms with Gasteiger partial charge in [-0.3, -0.25) is 9.11 Å². The predicted molar refractivity (Wildman–Crippen MR) is 113 cm³/mol. The highest BCUT2D eigenvalue weighted by molar-refractivity contribution is 7.85. The first-order valence-electron chi connectivity index (χ1n) is 9.20. The van der Waals surface area contributed by atoms with E-state index in [-0.39, 0.29) is 6.54 Å². The summed E-state index contributed by atoms with van der Waals surface area (Å²) in [6.07, 6.45) is 0.582. The molecular formula is C19H20FN3O4S2. The summed E-state index contributed by atoms with van der Waals surface area (Å²) < 4.78 is 36.8. The van der Waals surface area contributed by atoms with Crippen LogP contribution in [0.1, 0.15) is 5.76 Å². The highest BCUT2D eigenvalue weighted by atomic mass is 32.2. The number of benzene rings is 1. The minimum absolute atomic E-state index is 0.286. The molecule has 2 aliphatic rings. The molecule has 0 aliphatic carbocycles. The standard InChI is InChI=1S/C19H20FN3O4S2/c20-15-10-13(3-4-16(15)22-5-8-29(25)9-6-22)23-12-14(27-19(23)24)11-21-18(28)17-2-1-7-26-17/h1-4,7,10,14H,5-6,8-9,11-12H2,(H,21,28)/t14-/m0/s1. The summed E-state index contributed by atoms with van der Waals surface area (Å²) >= 11 is 5.23. The van der Waals surface area contributed by atoms with Gasteiger partial charge in [0.1, 0.15) is 16.9 Å². The number of hydrogen-bond acceptors (Lipinski definition) is 6. The van der Waals surface area contributed by atoms with Gasteiger partial charge in [0.05, 0.1) is 30.7 Å². The van der Waals surface area contributed by atoms with Crippen LogP contribution in [0.5, 0.6) is 0 Å². The highest BCUT2D eigenvalue weighted by Crippen LogP contribution is 2.28. The fourth-order valence-corrected chi connectivity index (χ4v) is 4.59. The molecule has 154 valence electrons. The van der Waals surface area contributed by atoms with Gasteiger partial charge in [-0.2, -0.15) is 0 Å². The normalized spacial score (nSPS) is 20.0. The molecule has 0 saturated carbocycles. The van der Waals surface area contributed by atoms with Crippen molar-refractivity contribution in [3.05, 3.63) is 48.2 Å². The summed E-state index contributed by atoms with van der Waals surface area (Å²) in [5.74, 6) is 1.20. The van der Waals surface area contributed by atoms with E-state index in [0.717, 1.165) is 0 Å². The molecule has 1 aromatic heterocycles. The second kappa shape index (κ2) is 8.50. The minimum atomic E-state index is -0.826. The van der Waals surface area contributed by atoms with E-state index in [4.69, 9.17) is 21.4 Å². The van der Waals surface area contributed by atoms with Crippen molar-refractivity contribution in [3.63, 3.8) is 0 Å². The van der Waals surface area contributed by atoms with Crippen molar-refractivity contribution in [2.45, 2.75) is 6.10 Å². The molecule has 4 rings (SSSR count). The lowest BCUT2D eigenvalue weighted by Gasteiger charge is -2.29. The monoisotopic (exact) mass is 437 g/mol. The summed E-state index contributed by atoms with van der Waals surface area (Å²) in [5, 5.41) is 3.01. The van der Waals surface area contributed by atoms with Gasteiger partial charge in [-0.05, 0) is 30.3 Å². The molecule has 3 heterocycles. The van der Waals surface area contributed by atoms with Gasteiger partial charge in [0.2, 0.25) is 0 Å². The van der Waals surface area contributed by atoms with Crippen molar-refractivity contribution in [2.75, 3.05) is 47.5 Å². The topological polar surface area (TPSA) is 75.0 Å². The zero-order chi connectivity index (χ0) is 20.4. The third-order valence-electron chi connectivity index (χ3n) is 4.87. The fourth-order valence-electron chi connectivity index (χ4n) is 3.34. The third kappa shape index (κ3) is 4.43. The van der Waals surface area contributed by atoms with Crippen LogP contribution in [0.3, 0.4) is 0 Å². The second-order valence-electron chi connectivity index (χ2n) is 6.77. The summed E-state index contributed by atoms with van der Waals surface area (Å²) in [6.45, 7) is 1.72. The van der Waals surface area contributed by atoms with E-state index in [2.05, 4.69) is 5.32 Å². The van der Waals surface area contributed by atoms with E-state index in [1.807, 2.05) is 4.90 Å². The molecule has 7 nitrogen and oxygen atoms in total. The third-order valence-corrected chi connectivity index (χ3v) is 6.49. The van der Waals surface area contributed by atoms with Gasteiger partial charge >= 0.3 is 6.09 Å². The highest BCUT2D eigenvalue weighted by Gasteiger charge is 2.33. The number of ether oxygens (including phenoxy) is 1. The maximum Gasteiger partial charge on any atom is 0.414 e. The molecule has 0 spiro atoms. The zero-order valence-corrected chi connectivity index (χ0v) is 17.1. The van der Waals surface area contributed by atoms with Crippen LogP contribution in [0, 0.1) is 5.82 Å². The number of thiocarbonyl (C=S) groups is 1. The molecule has 29 heavy (non-hydrogen) atoms. The average molecular weight is 438 g/mol. The maximum absolute atomic E-state index is 14.7. The largest absolute Gasteiger partial charge is 0.462 e. The lowest BCUT2D eigenvalue weighted by atomic mass is 10.2. The van der Waals surface area contributed by atoms with E-state index in [1.54, 1.807) is 24.3 Å². The Balaban J connectivity index is 1.38. The van der Waals surface area contributed by atoms with Gasteiger partial charge in [0.25, 0.3) is 0 Å². The van der Waals surface area contributed by atoms with E-state index in [1.165, 1.54) is 17.2 Å². The van der Waals surface area contributed by atoms with Crippen molar-refractivity contribution in [1.82, 2.24) is 5.32 Å². The van der Waals surface area contributed by atoms with Gasteiger partial charge in [0.15, 0.2) is 5.76 Å². The van der Waals surface area contributed by atoms with Crippen molar-refractivity contribution < 1.29 is 22.5 Å². The number of anilines is 2. The first-order valence-corrected chi connectivity index (χ1v) is 11.1. The summed E-state index contributed by atoms with van der Waals surface area (Å²) in [6, 6.07) is 8.18. The molecule has 1 amide bonds. The van der Waals surface area contributed by atoms with Crippen molar-refractivity contribution in [1.29, 1.82) is 0 Å². The van der Waals surface area contributed by atoms with Crippen LogP contribution in [-0.4, -0.2) is 59.1 Å². The Morgan fingerprint density at radius 3 is 2.79 bits per heavy atom. The summed E-state index contributed by atoms with van der Waals surface area (Å²) in [5.41, 5.74) is 0.896. The minimum Gasteiger partial charge on any atom is -0.462 e. The number of cyclic esters (lactones) is 1. The van der Waals surface area contributed by atoms with Gasteiger partial charge in [-0.15, -0.1) is 0 Å². The van der Waals surface area contributed by atoms with E-state index < -0.39 is 28.8 Å². The van der Waals surface area contributed by atoms with Crippen molar-refractivity contribution >= 4 is 45.5 Å². The van der Waals surface area contributed by atoms with E-state index in [9.17, 15) is 13.4 Å². The number of furan rings is 1. The second-order valence-corrected chi connectivity index (χ2v) is 8.88. The Hall–Kier alpha value is -2.46. The fraction of sp³-hybridized carbons (Fsp3) is 0.368. The quantitative estimate of drug-likeness (QED) is 0.720. The van der Waals surface area contributed by atoms with Crippen molar-refractivity contribution in [3.8, 4) is 0 Å². The van der Waals surface area contributed by atoms with Crippen LogP contribution >= 0.6 is 12.2 Å². The first-order chi connectivity index (χ1) is 14.0. The molecule has 1 N–H and O–H groups in total. The average Bonchev–Trinajstić information content (AvgIpc) is 3.37. The number of halogens is 1. The number of nitrogens with one attached hydrogen (secondary N) is 1. The van der Waals surface area contributed by atoms with Gasteiger partial charge < -0.3 is 19.4 Å². The molecule has 0 bridgehead atoms. The first kappa shape index (κ1) is 19.8. The Labute approximate surface area is 175 Å². The number of carbonyl (C=O) groups is 1. The smallest absolute Gasteiger partial charge is 0.414 e. The predicted octanol–water partition coefficient (Wildman–Crippen LogP) is 2.28. The molecule has 2 aliphatic heterocycles. The van der Waals surface area contributed by atoms with Crippen LogP contribution in [-0.2, 0) is 15.5 Å². The number of carbonyl (C=O) groups excluding carboxylic acids is 1. The number of amides is 1.